The first-order chi connectivity index (χ1) is 11.8. The quantitative estimate of drug-likeness (QED) is 0.583. The third kappa shape index (κ3) is 6.68. The molecule has 1 aliphatic rings. The highest BCUT2D eigenvalue weighted by Crippen LogP contribution is 2.31. The molecule has 0 aromatic heterocycles. The van der Waals surface area contributed by atoms with Crippen molar-refractivity contribution in [1.82, 2.24) is 0 Å². The minimum absolute atomic E-state index is 0.599. The third-order valence-corrected chi connectivity index (χ3v) is 4.93. The van der Waals surface area contributed by atoms with E-state index in [4.69, 9.17) is 0 Å². The minimum Gasteiger partial charge on any atom is -0.0951 e. The number of hydrogen-bond donors (Lipinski definition) is 0. The monoisotopic (exact) mass is 318 g/mol. The van der Waals surface area contributed by atoms with Crippen molar-refractivity contribution in [3.63, 3.8) is 0 Å². The van der Waals surface area contributed by atoms with E-state index in [9.17, 15) is 0 Å². The first-order valence-electron chi connectivity index (χ1n) is 9.58. The van der Waals surface area contributed by atoms with E-state index in [1.165, 1.54) is 50.5 Å². The normalized spacial score (nSPS) is 20.1. The lowest BCUT2D eigenvalue weighted by molar-refractivity contribution is 0.296. The van der Waals surface area contributed by atoms with E-state index in [-0.39, 0.29) is 0 Å². The van der Waals surface area contributed by atoms with Crippen molar-refractivity contribution in [3.05, 3.63) is 47.5 Å². The predicted molar refractivity (Wildman–Crippen MR) is 105 cm³/mol. The van der Waals surface area contributed by atoms with Gasteiger partial charge >= 0.3 is 0 Å². The Morgan fingerprint density at radius 1 is 0.958 bits per heavy atom. The van der Waals surface area contributed by atoms with Crippen LogP contribution in [0.5, 0.6) is 0 Å². The molecule has 0 radical (unpaired) electrons. The van der Waals surface area contributed by atoms with Gasteiger partial charge in [0, 0.05) is 11.5 Å². The van der Waals surface area contributed by atoms with E-state index in [1.54, 1.807) is 0 Å². The molecule has 1 aromatic carbocycles. The van der Waals surface area contributed by atoms with Gasteiger partial charge in [-0.15, -0.1) is 0 Å². The largest absolute Gasteiger partial charge is 0.0951 e. The molecule has 0 aliphatic heterocycles. The van der Waals surface area contributed by atoms with Gasteiger partial charge < -0.3 is 0 Å². The molecule has 0 saturated heterocycles. The molecule has 0 heteroatoms. The predicted octanol–water partition coefficient (Wildman–Crippen LogP) is 6.16. The van der Waals surface area contributed by atoms with Gasteiger partial charge in [-0.05, 0) is 67.9 Å². The van der Waals surface area contributed by atoms with E-state index in [0.29, 0.717) is 5.92 Å². The highest BCUT2D eigenvalue weighted by molar-refractivity contribution is 5.39. The van der Waals surface area contributed by atoms with Gasteiger partial charge in [-0.3, -0.25) is 0 Å². The summed E-state index contributed by atoms with van der Waals surface area (Å²) in [6.45, 7) is 4.45. The lowest BCUT2D eigenvalue weighted by Crippen LogP contribution is -2.13. The number of aryl methyl sites for hydroxylation is 1. The van der Waals surface area contributed by atoms with Crippen LogP contribution in [-0.4, -0.2) is 0 Å². The van der Waals surface area contributed by atoms with Crippen LogP contribution in [0.4, 0.5) is 0 Å². The Hall–Kier alpha value is -1.92. The van der Waals surface area contributed by atoms with Crippen LogP contribution in [0.15, 0.2) is 36.4 Å². The van der Waals surface area contributed by atoms with Crippen LogP contribution in [0.25, 0.3) is 0 Å². The molecule has 1 aliphatic carbocycles. The Morgan fingerprint density at radius 2 is 1.67 bits per heavy atom. The first-order valence-corrected chi connectivity index (χ1v) is 9.58. The van der Waals surface area contributed by atoms with E-state index in [0.717, 1.165) is 17.9 Å². The number of allylic oxidation sites excluding steroid dienone is 2. The molecule has 1 saturated carbocycles. The van der Waals surface area contributed by atoms with Crippen molar-refractivity contribution >= 4 is 0 Å². The Balaban J connectivity index is 1.73. The highest BCUT2D eigenvalue weighted by atomic mass is 14.2. The molecule has 0 atom stereocenters. The van der Waals surface area contributed by atoms with Crippen molar-refractivity contribution in [2.75, 3.05) is 0 Å². The second kappa shape index (κ2) is 10.8. The second-order valence-electron chi connectivity index (χ2n) is 6.80. The molecular weight excluding hydrogens is 288 g/mol. The summed E-state index contributed by atoms with van der Waals surface area (Å²) < 4.78 is 0. The lowest BCUT2D eigenvalue weighted by Gasteiger charge is -2.25. The topological polar surface area (TPSA) is 0 Å². The maximum absolute atomic E-state index is 3.41. The Kier molecular flexibility index (Phi) is 8.27. The van der Waals surface area contributed by atoms with Crippen LogP contribution in [0, 0.1) is 35.5 Å². The smallest absolute Gasteiger partial charge is 0.0249 e. The summed E-state index contributed by atoms with van der Waals surface area (Å²) >= 11 is 0. The van der Waals surface area contributed by atoms with Gasteiger partial charge in [0.1, 0.15) is 0 Å². The van der Waals surface area contributed by atoms with Gasteiger partial charge in [-0.2, -0.15) is 0 Å². The van der Waals surface area contributed by atoms with E-state index in [1.807, 2.05) is 12.2 Å². The fourth-order valence-electron chi connectivity index (χ4n) is 3.29. The molecule has 0 spiro atoms. The van der Waals surface area contributed by atoms with Crippen LogP contribution in [-0.2, 0) is 6.42 Å². The van der Waals surface area contributed by atoms with Gasteiger partial charge in [0.15, 0.2) is 0 Å². The molecule has 0 nitrogen and oxygen atoms in total. The van der Waals surface area contributed by atoms with Crippen molar-refractivity contribution in [2.24, 2.45) is 11.8 Å². The zero-order chi connectivity index (χ0) is 17.0. The second-order valence-corrected chi connectivity index (χ2v) is 6.80. The zero-order valence-electron chi connectivity index (χ0n) is 15.3. The molecule has 2 rings (SSSR count). The van der Waals surface area contributed by atoms with Gasteiger partial charge in [0.05, 0.1) is 0 Å². The summed E-state index contributed by atoms with van der Waals surface area (Å²) in [5, 5.41) is 0. The summed E-state index contributed by atoms with van der Waals surface area (Å²) in [4.78, 5) is 0. The Labute approximate surface area is 148 Å². The molecule has 0 heterocycles. The van der Waals surface area contributed by atoms with Crippen molar-refractivity contribution in [3.8, 4) is 23.7 Å². The SMILES string of the molecule is CCCCC1CCC(C#C/C=C/C#Cc2ccc(CC)cc2)CC1. The molecular formula is C24H30. The van der Waals surface area contributed by atoms with Crippen LogP contribution >= 0.6 is 0 Å². The molecule has 0 unspecified atom stereocenters. The maximum Gasteiger partial charge on any atom is 0.0249 e. The van der Waals surface area contributed by atoms with Crippen molar-refractivity contribution in [1.29, 1.82) is 0 Å². The van der Waals surface area contributed by atoms with E-state index >= 15 is 0 Å². The number of hydrogen-bond acceptors (Lipinski definition) is 0. The van der Waals surface area contributed by atoms with Crippen LogP contribution < -0.4 is 0 Å². The average molecular weight is 319 g/mol. The summed E-state index contributed by atoms with van der Waals surface area (Å²) in [7, 11) is 0. The maximum atomic E-state index is 3.41. The standard InChI is InChI=1S/C24H30/c1-3-5-10-22-17-19-24(20-18-22)12-9-7-6-8-11-23-15-13-21(4-2)14-16-23/h6-7,13-16,22,24H,3-5,10,17-20H2,1-2H3/b7-6+. The summed E-state index contributed by atoms with van der Waals surface area (Å²) in [5.74, 6) is 14.4. The molecule has 1 fully saturated rings. The van der Waals surface area contributed by atoms with Crippen molar-refractivity contribution in [2.45, 2.75) is 65.2 Å². The van der Waals surface area contributed by atoms with E-state index < -0.39 is 0 Å². The lowest BCUT2D eigenvalue weighted by atomic mass is 9.80. The van der Waals surface area contributed by atoms with Crippen LogP contribution in [0.2, 0.25) is 0 Å². The first kappa shape index (κ1) is 18.4. The average Bonchev–Trinajstić information content (AvgIpc) is 2.64. The molecule has 1 aromatic rings. The third-order valence-electron chi connectivity index (χ3n) is 4.93. The molecule has 0 bridgehead atoms. The summed E-state index contributed by atoms with van der Waals surface area (Å²) in [6.07, 6.45) is 14.3. The van der Waals surface area contributed by atoms with Crippen LogP contribution in [0.1, 0.15) is 69.9 Å². The van der Waals surface area contributed by atoms with Gasteiger partial charge in [-0.25, -0.2) is 0 Å². The van der Waals surface area contributed by atoms with Gasteiger partial charge in [-0.1, -0.05) is 68.9 Å². The van der Waals surface area contributed by atoms with Crippen LogP contribution in [0.3, 0.4) is 0 Å². The fraction of sp³-hybridized carbons (Fsp3) is 0.500. The number of unbranched alkanes of at least 4 members (excludes halogenated alkanes) is 1. The van der Waals surface area contributed by atoms with Crippen molar-refractivity contribution < 1.29 is 0 Å². The molecule has 24 heavy (non-hydrogen) atoms. The number of rotatable bonds is 4. The summed E-state index contributed by atoms with van der Waals surface area (Å²) in [6, 6.07) is 8.46. The highest BCUT2D eigenvalue weighted by Gasteiger charge is 2.18. The Morgan fingerprint density at radius 3 is 2.33 bits per heavy atom. The minimum atomic E-state index is 0.599. The zero-order valence-corrected chi connectivity index (χ0v) is 15.3. The summed E-state index contributed by atoms with van der Waals surface area (Å²) in [5.41, 5.74) is 2.42. The molecule has 0 N–H and O–H groups in total. The fourth-order valence-corrected chi connectivity index (χ4v) is 3.29. The molecule has 0 amide bonds. The van der Waals surface area contributed by atoms with Gasteiger partial charge in [0.2, 0.25) is 0 Å². The molecule has 126 valence electrons. The van der Waals surface area contributed by atoms with Gasteiger partial charge in [0.25, 0.3) is 0 Å². The Bertz CT molecular complexity index is 617. The number of benzene rings is 1. The van der Waals surface area contributed by atoms with E-state index in [2.05, 4.69) is 61.8 Å².